The Labute approximate surface area is 77.0 Å². The first-order chi connectivity index (χ1) is 5.40. The van der Waals surface area contributed by atoms with Gasteiger partial charge in [0.25, 0.3) is 0 Å². The molecule has 0 fully saturated rings. The summed E-state index contributed by atoms with van der Waals surface area (Å²) in [5, 5.41) is 0. The summed E-state index contributed by atoms with van der Waals surface area (Å²) in [6.45, 7) is 11.8. The SMILES string of the molecule is C/C=C(/CN)C(C)CC(C)(C)C. The minimum Gasteiger partial charge on any atom is -0.327 e. The minimum atomic E-state index is 0.406. The predicted molar refractivity (Wildman–Crippen MR) is 56.0 cm³/mol. The molecule has 0 saturated carbocycles. The molecule has 72 valence electrons. The molecule has 0 amide bonds. The van der Waals surface area contributed by atoms with Crippen LogP contribution >= 0.6 is 0 Å². The number of hydrogen-bond donors (Lipinski definition) is 1. The lowest BCUT2D eigenvalue weighted by Crippen LogP contribution is -2.17. The Morgan fingerprint density at radius 3 is 2.17 bits per heavy atom. The lowest BCUT2D eigenvalue weighted by atomic mass is 9.82. The fourth-order valence-corrected chi connectivity index (χ4v) is 1.65. The molecule has 0 spiro atoms. The van der Waals surface area contributed by atoms with Crippen molar-refractivity contribution in [3.63, 3.8) is 0 Å². The quantitative estimate of drug-likeness (QED) is 0.646. The monoisotopic (exact) mass is 169 g/mol. The summed E-state index contributed by atoms with van der Waals surface area (Å²) in [5.74, 6) is 0.625. The first-order valence-corrected chi connectivity index (χ1v) is 4.76. The average Bonchev–Trinajstić information content (AvgIpc) is 1.85. The molecule has 0 bridgehead atoms. The molecule has 1 unspecified atom stereocenters. The molecule has 0 radical (unpaired) electrons. The maximum atomic E-state index is 5.63. The highest BCUT2D eigenvalue weighted by atomic mass is 14.5. The van der Waals surface area contributed by atoms with Crippen LogP contribution in [0.5, 0.6) is 0 Å². The van der Waals surface area contributed by atoms with E-state index in [0.717, 1.165) is 0 Å². The lowest BCUT2D eigenvalue weighted by molar-refractivity contribution is 0.328. The summed E-state index contributed by atoms with van der Waals surface area (Å²) in [5.41, 5.74) is 7.42. The molecule has 1 heteroatoms. The van der Waals surface area contributed by atoms with Crippen LogP contribution < -0.4 is 5.73 Å². The third-order valence-electron chi connectivity index (χ3n) is 2.16. The molecule has 0 aromatic rings. The van der Waals surface area contributed by atoms with Crippen LogP contribution in [0, 0.1) is 11.3 Å². The van der Waals surface area contributed by atoms with E-state index >= 15 is 0 Å². The van der Waals surface area contributed by atoms with E-state index in [1.807, 2.05) is 0 Å². The maximum absolute atomic E-state index is 5.63. The predicted octanol–water partition coefficient (Wildman–Crippen LogP) is 2.96. The third-order valence-corrected chi connectivity index (χ3v) is 2.16. The molecular formula is C11H23N. The molecular weight excluding hydrogens is 146 g/mol. The van der Waals surface area contributed by atoms with Crippen LogP contribution in [0.3, 0.4) is 0 Å². The van der Waals surface area contributed by atoms with E-state index in [2.05, 4.69) is 40.7 Å². The summed E-state index contributed by atoms with van der Waals surface area (Å²) >= 11 is 0. The fraction of sp³-hybridized carbons (Fsp3) is 0.818. The summed E-state index contributed by atoms with van der Waals surface area (Å²) in [7, 11) is 0. The Balaban J connectivity index is 4.12. The van der Waals surface area contributed by atoms with Crippen LogP contribution in [0.25, 0.3) is 0 Å². The number of nitrogens with two attached hydrogens (primary N) is 1. The van der Waals surface area contributed by atoms with Gasteiger partial charge in [-0.15, -0.1) is 0 Å². The molecule has 0 aromatic heterocycles. The summed E-state index contributed by atoms with van der Waals surface area (Å²) in [6.07, 6.45) is 3.36. The molecule has 1 atom stereocenters. The summed E-state index contributed by atoms with van der Waals surface area (Å²) in [6, 6.07) is 0. The van der Waals surface area contributed by atoms with Crippen molar-refractivity contribution in [2.45, 2.75) is 41.0 Å². The van der Waals surface area contributed by atoms with Gasteiger partial charge in [0.2, 0.25) is 0 Å². The van der Waals surface area contributed by atoms with E-state index in [4.69, 9.17) is 5.73 Å². The van der Waals surface area contributed by atoms with Crippen molar-refractivity contribution in [3.05, 3.63) is 11.6 Å². The summed E-state index contributed by atoms with van der Waals surface area (Å²) in [4.78, 5) is 0. The first kappa shape index (κ1) is 11.7. The lowest BCUT2D eigenvalue weighted by Gasteiger charge is -2.24. The molecule has 1 nitrogen and oxygen atoms in total. The summed E-state index contributed by atoms with van der Waals surface area (Å²) < 4.78 is 0. The topological polar surface area (TPSA) is 26.0 Å². The molecule has 0 heterocycles. The van der Waals surface area contributed by atoms with Crippen LogP contribution in [-0.2, 0) is 0 Å². The molecule has 0 saturated heterocycles. The minimum absolute atomic E-state index is 0.406. The fourth-order valence-electron chi connectivity index (χ4n) is 1.65. The zero-order chi connectivity index (χ0) is 9.78. The molecule has 2 N–H and O–H groups in total. The van der Waals surface area contributed by atoms with Crippen molar-refractivity contribution >= 4 is 0 Å². The van der Waals surface area contributed by atoms with Crippen molar-refractivity contribution in [1.29, 1.82) is 0 Å². The van der Waals surface area contributed by atoms with E-state index < -0.39 is 0 Å². The van der Waals surface area contributed by atoms with Crippen molar-refractivity contribution < 1.29 is 0 Å². The third kappa shape index (κ3) is 4.55. The van der Waals surface area contributed by atoms with Crippen molar-refractivity contribution in [2.75, 3.05) is 6.54 Å². The Hall–Kier alpha value is -0.300. The van der Waals surface area contributed by atoms with Gasteiger partial charge in [-0.25, -0.2) is 0 Å². The number of hydrogen-bond acceptors (Lipinski definition) is 1. The van der Waals surface area contributed by atoms with Crippen LogP contribution in [0.4, 0.5) is 0 Å². The van der Waals surface area contributed by atoms with Gasteiger partial charge >= 0.3 is 0 Å². The molecule has 0 aliphatic carbocycles. The van der Waals surface area contributed by atoms with Gasteiger partial charge in [-0.3, -0.25) is 0 Å². The van der Waals surface area contributed by atoms with E-state index in [1.165, 1.54) is 12.0 Å². The standard InChI is InChI=1S/C11H23N/c1-6-10(8-12)9(2)7-11(3,4)5/h6,9H,7-8,12H2,1-5H3/b10-6-. The van der Waals surface area contributed by atoms with E-state index in [1.54, 1.807) is 0 Å². The normalized spacial score (nSPS) is 16.3. The van der Waals surface area contributed by atoms with E-state index in [-0.39, 0.29) is 0 Å². The molecule has 0 rings (SSSR count). The van der Waals surface area contributed by atoms with Crippen LogP contribution in [-0.4, -0.2) is 6.54 Å². The van der Waals surface area contributed by atoms with Crippen molar-refractivity contribution in [1.82, 2.24) is 0 Å². The van der Waals surface area contributed by atoms with E-state index in [9.17, 15) is 0 Å². The Bertz CT molecular complexity index is 151. The van der Waals surface area contributed by atoms with Crippen LogP contribution in [0.15, 0.2) is 11.6 Å². The largest absolute Gasteiger partial charge is 0.327 e. The highest BCUT2D eigenvalue weighted by molar-refractivity contribution is 5.06. The van der Waals surface area contributed by atoms with Gasteiger partial charge in [0.15, 0.2) is 0 Å². The zero-order valence-corrected chi connectivity index (χ0v) is 9.15. The van der Waals surface area contributed by atoms with Gasteiger partial charge in [0.05, 0.1) is 0 Å². The van der Waals surface area contributed by atoms with Gasteiger partial charge < -0.3 is 5.73 Å². The van der Waals surface area contributed by atoms with Gasteiger partial charge in [0, 0.05) is 6.54 Å². The highest BCUT2D eigenvalue weighted by Crippen LogP contribution is 2.27. The first-order valence-electron chi connectivity index (χ1n) is 4.76. The number of rotatable bonds is 3. The smallest absolute Gasteiger partial charge is 0.0139 e. The highest BCUT2D eigenvalue weighted by Gasteiger charge is 2.16. The van der Waals surface area contributed by atoms with Crippen molar-refractivity contribution in [2.24, 2.45) is 17.1 Å². The maximum Gasteiger partial charge on any atom is 0.0139 e. The van der Waals surface area contributed by atoms with E-state index in [0.29, 0.717) is 17.9 Å². The van der Waals surface area contributed by atoms with Gasteiger partial charge in [-0.2, -0.15) is 0 Å². The van der Waals surface area contributed by atoms with Crippen LogP contribution in [0.1, 0.15) is 41.0 Å². The molecule has 0 aliphatic heterocycles. The Morgan fingerprint density at radius 1 is 1.42 bits per heavy atom. The number of allylic oxidation sites excluding steroid dienone is 1. The Morgan fingerprint density at radius 2 is 1.92 bits per heavy atom. The Kier molecular flexibility index (Phi) is 4.54. The average molecular weight is 169 g/mol. The van der Waals surface area contributed by atoms with Gasteiger partial charge in [0.1, 0.15) is 0 Å². The molecule has 0 aromatic carbocycles. The zero-order valence-electron chi connectivity index (χ0n) is 9.15. The molecule has 0 aliphatic rings. The second-order valence-corrected chi connectivity index (χ2v) is 4.73. The second-order valence-electron chi connectivity index (χ2n) is 4.73. The molecule has 12 heavy (non-hydrogen) atoms. The van der Waals surface area contributed by atoms with Gasteiger partial charge in [-0.1, -0.05) is 39.3 Å². The van der Waals surface area contributed by atoms with Crippen LogP contribution in [0.2, 0.25) is 0 Å². The second kappa shape index (κ2) is 4.66. The van der Waals surface area contributed by atoms with Crippen molar-refractivity contribution in [3.8, 4) is 0 Å². The van der Waals surface area contributed by atoms with Gasteiger partial charge in [-0.05, 0) is 24.7 Å².